The van der Waals surface area contributed by atoms with Gasteiger partial charge in [0.2, 0.25) is 0 Å². The minimum Gasteiger partial charge on any atom is -0.275 e. The van der Waals surface area contributed by atoms with Crippen LogP contribution >= 0.6 is 0 Å². The Morgan fingerprint density at radius 1 is 1.21 bits per heavy atom. The summed E-state index contributed by atoms with van der Waals surface area (Å²) in [5.74, 6) is 0. The van der Waals surface area contributed by atoms with E-state index < -0.39 is 0 Å². The second-order valence-electron chi connectivity index (χ2n) is 3.23. The van der Waals surface area contributed by atoms with Gasteiger partial charge in [-0.05, 0) is 11.1 Å². The molecule has 2 rings (SSSR count). The minimum atomic E-state index is 1.14. The first-order valence-corrected chi connectivity index (χ1v) is 4.51. The lowest BCUT2D eigenvalue weighted by atomic mass is 10.1. The summed E-state index contributed by atoms with van der Waals surface area (Å²) in [5.41, 5.74) is 3.46. The molecule has 0 saturated carbocycles. The molecule has 1 heterocycles. The van der Waals surface area contributed by atoms with Crippen molar-refractivity contribution in [2.24, 2.45) is 7.05 Å². The van der Waals surface area contributed by atoms with Gasteiger partial charge in [0.25, 0.3) is 0 Å². The first-order chi connectivity index (χ1) is 6.79. The van der Waals surface area contributed by atoms with Crippen molar-refractivity contribution in [1.82, 2.24) is 9.78 Å². The summed E-state index contributed by atoms with van der Waals surface area (Å²) in [5, 5.41) is 4.13. The zero-order chi connectivity index (χ0) is 9.97. The lowest BCUT2D eigenvalue weighted by molar-refractivity contribution is 0.768. The van der Waals surface area contributed by atoms with Crippen molar-refractivity contribution >= 4 is 6.08 Å². The second-order valence-corrected chi connectivity index (χ2v) is 3.23. The standard InChI is InChI=1S/C12H12N2/c1-3-10-4-6-11(7-5-10)12-8-13-14(2)9-12/h3-9H,1H2,2H3. The maximum Gasteiger partial charge on any atom is 0.0568 e. The molecule has 70 valence electrons. The highest BCUT2D eigenvalue weighted by Crippen LogP contribution is 2.18. The first-order valence-electron chi connectivity index (χ1n) is 4.51. The van der Waals surface area contributed by atoms with Gasteiger partial charge in [0, 0.05) is 18.8 Å². The van der Waals surface area contributed by atoms with Crippen LogP contribution in [-0.4, -0.2) is 9.78 Å². The number of hydrogen-bond acceptors (Lipinski definition) is 1. The van der Waals surface area contributed by atoms with Gasteiger partial charge in [-0.3, -0.25) is 4.68 Å². The summed E-state index contributed by atoms with van der Waals surface area (Å²) in [4.78, 5) is 0. The Hall–Kier alpha value is -1.83. The molecule has 14 heavy (non-hydrogen) atoms. The lowest BCUT2D eigenvalue weighted by Crippen LogP contribution is -1.84. The van der Waals surface area contributed by atoms with Gasteiger partial charge in [-0.25, -0.2) is 0 Å². The summed E-state index contributed by atoms with van der Waals surface area (Å²) in [6.07, 6.45) is 5.71. The second kappa shape index (κ2) is 3.50. The molecule has 0 saturated heterocycles. The Bertz CT molecular complexity index is 438. The molecule has 0 radical (unpaired) electrons. The van der Waals surface area contributed by atoms with Gasteiger partial charge in [0.15, 0.2) is 0 Å². The molecule has 0 atom stereocenters. The topological polar surface area (TPSA) is 17.8 Å². The van der Waals surface area contributed by atoms with Crippen LogP contribution in [0.5, 0.6) is 0 Å². The molecule has 0 N–H and O–H groups in total. The Labute approximate surface area is 83.5 Å². The van der Waals surface area contributed by atoms with E-state index in [1.165, 1.54) is 5.56 Å². The number of aromatic nitrogens is 2. The molecule has 0 amide bonds. The minimum absolute atomic E-state index is 1.14. The fourth-order valence-electron chi connectivity index (χ4n) is 1.38. The fourth-order valence-corrected chi connectivity index (χ4v) is 1.38. The Balaban J connectivity index is 2.38. The monoisotopic (exact) mass is 184 g/mol. The average molecular weight is 184 g/mol. The van der Waals surface area contributed by atoms with E-state index >= 15 is 0 Å². The number of benzene rings is 1. The van der Waals surface area contributed by atoms with Crippen molar-refractivity contribution in [3.05, 3.63) is 48.8 Å². The Morgan fingerprint density at radius 2 is 1.93 bits per heavy atom. The van der Waals surface area contributed by atoms with Gasteiger partial charge in [-0.2, -0.15) is 5.10 Å². The zero-order valence-electron chi connectivity index (χ0n) is 8.14. The molecular formula is C12H12N2. The number of hydrogen-bond donors (Lipinski definition) is 0. The van der Waals surface area contributed by atoms with Crippen molar-refractivity contribution in [1.29, 1.82) is 0 Å². The molecule has 0 aliphatic rings. The van der Waals surface area contributed by atoms with Crippen LogP contribution in [0, 0.1) is 0 Å². The summed E-state index contributed by atoms with van der Waals surface area (Å²) < 4.78 is 1.80. The molecule has 0 unspecified atom stereocenters. The largest absolute Gasteiger partial charge is 0.275 e. The highest BCUT2D eigenvalue weighted by molar-refractivity contribution is 5.64. The van der Waals surface area contributed by atoms with Gasteiger partial charge in [-0.15, -0.1) is 0 Å². The van der Waals surface area contributed by atoms with Crippen LogP contribution in [0.4, 0.5) is 0 Å². The van der Waals surface area contributed by atoms with E-state index in [-0.39, 0.29) is 0 Å². The van der Waals surface area contributed by atoms with Crippen LogP contribution in [0.2, 0.25) is 0 Å². The molecule has 0 aliphatic carbocycles. The van der Waals surface area contributed by atoms with E-state index in [1.807, 2.05) is 25.5 Å². The third-order valence-corrected chi connectivity index (χ3v) is 2.18. The van der Waals surface area contributed by atoms with Crippen LogP contribution in [0.3, 0.4) is 0 Å². The SMILES string of the molecule is C=Cc1ccc(-c2cnn(C)c2)cc1. The first kappa shape index (κ1) is 8.75. The molecule has 2 heteroatoms. The smallest absolute Gasteiger partial charge is 0.0568 e. The Morgan fingerprint density at radius 3 is 2.43 bits per heavy atom. The lowest BCUT2D eigenvalue weighted by Gasteiger charge is -1.97. The third-order valence-electron chi connectivity index (χ3n) is 2.18. The van der Waals surface area contributed by atoms with Crippen LogP contribution < -0.4 is 0 Å². The van der Waals surface area contributed by atoms with Crippen molar-refractivity contribution in [3.8, 4) is 11.1 Å². The van der Waals surface area contributed by atoms with Crippen molar-refractivity contribution in [3.63, 3.8) is 0 Å². The van der Waals surface area contributed by atoms with Gasteiger partial charge in [0.05, 0.1) is 6.20 Å². The van der Waals surface area contributed by atoms with Gasteiger partial charge >= 0.3 is 0 Å². The van der Waals surface area contributed by atoms with E-state index in [4.69, 9.17) is 0 Å². The predicted octanol–water partition coefficient (Wildman–Crippen LogP) is 2.73. The molecule has 2 aromatic rings. The predicted molar refractivity (Wildman–Crippen MR) is 58.7 cm³/mol. The maximum absolute atomic E-state index is 4.13. The summed E-state index contributed by atoms with van der Waals surface area (Å²) in [6, 6.07) is 8.26. The molecular weight excluding hydrogens is 172 g/mol. The van der Waals surface area contributed by atoms with Crippen molar-refractivity contribution in [2.45, 2.75) is 0 Å². The van der Waals surface area contributed by atoms with E-state index in [9.17, 15) is 0 Å². The fraction of sp³-hybridized carbons (Fsp3) is 0.0833. The normalized spacial score (nSPS) is 10.1. The molecule has 2 nitrogen and oxygen atoms in total. The summed E-state index contributed by atoms with van der Waals surface area (Å²) in [7, 11) is 1.92. The molecule has 0 spiro atoms. The summed E-state index contributed by atoms with van der Waals surface area (Å²) >= 11 is 0. The number of aryl methyl sites for hydroxylation is 1. The highest BCUT2D eigenvalue weighted by Gasteiger charge is 1.98. The molecule has 0 bridgehead atoms. The van der Waals surface area contributed by atoms with Gasteiger partial charge in [-0.1, -0.05) is 36.9 Å². The zero-order valence-corrected chi connectivity index (χ0v) is 8.14. The van der Waals surface area contributed by atoms with E-state index in [2.05, 4.69) is 35.9 Å². The van der Waals surface area contributed by atoms with Crippen molar-refractivity contribution < 1.29 is 0 Å². The van der Waals surface area contributed by atoms with E-state index in [1.54, 1.807) is 4.68 Å². The molecule has 0 aliphatic heterocycles. The van der Waals surface area contributed by atoms with Crippen LogP contribution in [-0.2, 0) is 7.05 Å². The number of rotatable bonds is 2. The number of nitrogens with zero attached hydrogens (tertiary/aromatic N) is 2. The van der Waals surface area contributed by atoms with Crippen LogP contribution in [0.15, 0.2) is 43.2 Å². The summed E-state index contributed by atoms with van der Waals surface area (Å²) in [6.45, 7) is 3.72. The van der Waals surface area contributed by atoms with Gasteiger partial charge in [0.1, 0.15) is 0 Å². The Kier molecular flexibility index (Phi) is 2.19. The molecule has 1 aromatic carbocycles. The molecule has 0 fully saturated rings. The maximum atomic E-state index is 4.13. The highest BCUT2D eigenvalue weighted by atomic mass is 15.2. The quantitative estimate of drug-likeness (QED) is 0.701. The third kappa shape index (κ3) is 1.59. The van der Waals surface area contributed by atoms with Crippen LogP contribution in [0.25, 0.3) is 17.2 Å². The van der Waals surface area contributed by atoms with E-state index in [0.29, 0.717) is 0 Å². The van der Waals surface area contributed by atoms with Crippen LogP contribution in [0.1, 0.15) is 5.56 Å². The average Bonchev–Trinajstić information content (AvgIpc) is 2.65. The van der Waals surface area contributed by atoms with Crippen molar-refractivity contribution in [2.75, 3.05) is 0 Å². The molecule has 1 aromatic heterocycles. The van der Waals surface area contributed by atoms with Gasteiger partial charge < -0.3 is 0 Å². The van der Waals surface area contributed by atoms with E-state index in [0.717, 1.165) is 11.1 Å².